The van der Waals surface area contributed by atoms with Crippen molar-refractivity contribution >= 4 is 17.3 Å². The monoisotopic (exact) mass is 425 g/mol. The summed E-state index contributed by atoms with van der Waals surface area (Å²) in [4.78, 5) is 29.9. The highest BCUT2D eigenvalue weighted by Gasteiger charge is 2.23. The van der Waals surface area contributed by atoms with Gasteiger partial charge in [0.15, 0.2) is 0 Å². The second-order valence-electron chi connectivity index (χ2n) is 8.60. The zero-order valence-corrected chi connectivity index (χ0v) is 18.0. The van der Waals surface area contributed by atoms with E-state index in [2.05, 4.69) is 22.2 Å². The predicted octanol–water partition coefficient (Wildman–Crippen LogP) is 1.40. The number of rotatable bonds is 5. The molecule has 1 amide bonds. The number of nitrogens with one attached hydrogen (secondary N) is 1. The second-order valence-corrected chi connectivity index (χ2v) is 8.60. The molecule has 2 aromatic rings. The van der Waals surface area contributed by atoms with Crippen LogP contribution in [0.15, 0.2) is 41.3 Å². The lowest BCUT2D eigenvalue weighted by atomic mass is 9.93. The molecule has 0 unspecified atom stereocenters. The fraction of sp³-hybridized carbons (Fsp3) is 0.478. The number of amides is 1. The van der Waals surface area contributed by atoms with Crippen molar-refractivity contribution in [1.82, 2.24) is 9.47 Å². The minimum atomic E-state index is -0.744. The number of primary amides is 1. The van der Waals surface area contributed by atoms with Gasteiger partial charge in [-0.25, -0.2) is 0 Å². The lowest BCUT2D eigenvalue weighted by molar-refractivity contribution is 0.0998. The van der Waals surface area contributed by atoms with Crippen molar-refractivity contribution in [3.05, 3.63) is 52.4 Å². The Morgan fingerprint density at radius 1 is 1.00 bits per heavy atom. The standard InChI is InChI=1S/C23H31N5O3/c1-26-12-14-27(15-13-26)17-4-6-18(7-5-17)28-11-10-20(21(22(24)30)23(28)31)25-16-2-8-19(29)9-3-16/h4-7,10-11,16,19,25,29H,2-3,8-9,12-15H2,1H3,(H2,24,30). The minimum Gasteiger partial charge on any atom is -0.393 e. The maximum Gasteiger partial charge on any atom is 0.270 e. The number of carbonyl (C=O) groups is 1. The average Bonchev–Trinajstić information content (AvgIpc) is 2.76. The molecule has 1 aliphatic carbocycles. The number of nitrogens with zero attached hydrogens (tertiary/aromatic N) is 3. The number of aliphatic hydroxyl groups is 1. The Kier molecular flexibility index (Phi) is 6.29. The Labute approximate surface area is 182 Å². The molecule has 4 rings (SSSR count). The number of hydrogen-bond donors (Lipinski definition) is 3. The van der Waals surface area contributed by atoms with Crippen molar-refractivity contribution in [2.24, 2.45) is 5.73 Å². The van der Waals surface area contributed by atoms with Crippen molar-refractivity contribution in [3.63, 3.8) is 0 Å². The van der Waals surface area contributed by atoms with E-state index >= 15 is 0 Å². The molecule has 0 atom stereocenters. The largest absolute Gasteiger partial charge is 0.393 e. The molecule has 8 nitrogen and oxygen atoms in total. The van der Waals surface area contributed by atoms with Gasteiger partial charge < -0.3 is 26.0 Å². The number of aliphatic hydroxyl groups excluding tert-OH is 1. The van der Waals surface area contributed by atoms with Gasteiger partial charge in [0.2, 0.25) is 0 Å². The van der Waals surface area contributed by atoms with Crippen molar-refractivity contribution in [2.45, 2.75) is 37.8 Å². The van der Waals surface area contributed by atoms with E-state index in [0.717, 1.165) is 44.7 Å². The maximum absolute atomic E-state index is 13.1. The smallest absolute Gasteiger partial charge is 0.270 e. The molecule has 8 heteroatoms. The predicted molar refractivity (Wildman–Crippen MR) is 122 cm³/mol. The van der Waals surface area contributed by atoms with E-state index in [9.17, 15) is 14.7 Å². The number of carbonyl (C=O) groups excluding carboxylic acids is 1. The first-order chi connectivity index (χ1) is 14.9. The summed E-state index contributed by atoms with van der Waals surface area (Å²) >= 11 is 0. The normalized spacial score (nSPS) is 22.3. The van der Waals surface area contributed by atoms with Crippen LogP contribution in [0.3, 0.4) is 0 Å². The summed E-state index contributed by atoms with van der Waals surface area (Å²) in [6.45, 7) is 4.00. The third-order valence-corrected chi connectivity index (χ3v) is 6.39. The van der Waals surface area contributed by atoms with Crippen LogP contribution in [0.1, 0.15) is 36.0 Å². The molecule has 0 radical (unpaired) electrons. The van der Waals surface area contributed by atoms with Gasteiger partial charge in [0.05, 0.1) is 11.8 Å². The van der Waals surface area contributed by atoms with Crippen molar-refractivity contribution in [3.8, 4) is 5.69 Å². The highest BCUT2D eigenvalue weighted by molar-refractivity contribution is 5.98. The molecule has 1 aliphatic heterocycles. The van der Waals surface area contributed by atoms with Crippen LogP contribution in [0.25, 0.3) is 5.69 Å². The highest BCUT2D eigenvalue weighted by atomic mass is 16.3. The van der Waals surface area contributed by atoms with Crippen LogP contribution in [0.2, 0.25) is 0 Å². The number of likely N-dealkylation sites (N-methyl/N-ethyl adjacent to an activating group) is 1. The summed E-state index contributed by atoms with van der Waals surface area (Å²) in [6, 6.07) is 9.67. The van der Waals surface area contributed by atoms with Crippen molar-refractivity contribution < 1.29 is 9.90 Å². The zero-order chi connectivity index (χ0) is 22.0. The van der Waals surface area contributed by atoms with Crippen LogP contribution in [0.4, 0.5) is 11.4 Å². The number of benzene rings is 1. The van der Waals surface area contributed by atoms with Crippen LogP contribution in [-0.4, -0.2) is 65.9 Å². The SMILES string of the molecule is CN1CCN(c2ccc(-n3ccc(NC4CCC(O)CC4)c(C(N)=O)c3=O)cc2)CC1. The first-order valence-electron chi connectivity index (χ1n) is 11.0. The van der Waals surface area contributed by atoms with Gasteiger partial charge in [0, 0.05) is 49.8 Å². The summed E-state index contributed by atoms with van der Waals surface area (Å²) in [6.07, 6.45) is 4.41. The van der Waals surface area contributed by atoms with Gasteiger partial charge in [-0.15, -0.1) is 0 Å². The van der Waals surface area contributed by atoms with E-state index in [-0.39, 0.29) is 17.7 Å². The Balaban J connectivity index is 1.56. The molecule has 2 heterocycles. The first-order valence-corrected chi connectivity index (χ1v) is 11.0. The molecule has 31 heavy (non-hydrogen) atoms. The third kappa shape index (κ3) is 4.75. The highest BCUT2D eigenvalue weighted by Crippen LogP contribution is 2.24. The molecule has 1 saturated heterocycles. The molecule has 0 bridgehead atoms. The van der Waals surface area contributed by atoms with E-state index in [1.807, 2.05) is 24.3 Å². The number of hydrogen-bond acceptors (Lipinski definition) is 6. The molecule has 1 aromatic carbocycles. The van der Waals surface area contributed by atoms with Crippen LogP contribution in [0.5, 0.6) is 0 Å². The Morgan fingerprint density at radius 2 is 1.61 bits per heavy atom. The summed E-state index contributed by atoms with van der Waals surface area (Å²) < 4.78 is 1.46. The van der Waals surface area contributed by atoms with Crippen LogP contribution in [0, 0.1) is 0 Å². The average molecular weight is 426 g/mol. The number of piperazine rings is 1. The Bertz CT molecular complexity index is 972. The van der Waals surface area contributed by atoms with Gasteiger partial charge in [0.25, 0.3) is 11.5 Å². The third-order valence-electron chi connectivity index (χ3n) is 6.39. The summed E-state index contributed by atoms with van der Waals surface area (Å²) in [5, 5.41) is 13.0. The Hall–Kier alpha value is -2.84. The summed E-state index contributed by atoms with van der Waals surface area (Å²) in [7, 11) is 2.12. The van der Waals surface area contributed by atoms with E-state index < -0.39 is 11.5 Å². The number of nitrogens with two attached hydrogens (primary N) is 1. The number of anilines is 2. The van der Waals surface area contributed by atoms with Gasteiger partial charge in [-0.05, 0) is 63.1 Å². The van der Waals surface area contributed by atoms with Crippen molar-refractivity contribution in [2.75, 3.05) is 43.4 Å². The molecular weight excluding hydrogens is 394 g/mol. The van der Waals surface area contributed by atoms with Crippen LogP contribution >= 0.6 is 0 Å². The van der Waals surface area contributed by atoms with Gasteiger partial charge in [-0.1, -0.05) is 0 Å². The second kappa shape index (κ2) is 9.11. The first kappa shape index (κ1) is 21.4. The van der Waals surface area contributed by atoms with Crippen molar-refractivity contribution in [1.29, 1.82) is 0 Å². The topological polar surface area (TPSA) is 104 Å². The van der Waals surface area contributed by atoms with E-state index in [4.69, 9.17) is 5.73 Å². The lowest BCUT2D eigenvalue weighted by Crippen LogP contribution is -2.44. The number of aromatic nitrogens is 1. The van der Waals surface area contributed by atoms with E-state index in [1.165, 1.54) is 4.57 Å². The summed E-state index contributed by atoms with van der Waals surface area (Å²) in [5.74, 6) is -0.744. The van der Waals surface area contributed by atoms with Gasteiger partial charge in [-0.2, -0.15) is 0 Å². The molecule has 1 saturated carbocycles. The number of pyridine rings is 1. The van der Waals surface area contributed by atoms with Gasteiger partial charge >= 0.3 is 0 Å². The molecule has 2 aliphatic rings. The quantitative estimate of drug-likeness (QED) is 0.669. The minimum absolute atomic E-state index is 0.0308. The fourth-order valence-corrected chi connectivity index (χ4v) is 4.43. The summed E-state index contributed by atoms with van der Waals surface area (Å²) in [5.41, 5.74) is 7.40. The molecule has 1 aromatic heterocycles. The Morgan fingerprint density at radius 3 is 2.23 bits per heavy atom. The van der Waals surface area contributed by atoms with Crippen LogP contribution < -0.4 is 21.5 Å². The lowest BCUT2D eigenvalue weighted by Gasteiger charge is -2.34. The fourth-order valence-electron chi connectivity index (χ4n) is 4.43. The maximum atomic E-state index is 13.1. The van der Waals surface area contributed by atoms with Gasteiger partial charge in [-0.3, -0.25) is 14.2 Å². The molecule has 4 N–H and O–H groups in total. The van der Waals surface area contributed by atoms with Gasteiger partial charge in [0.1, 0.15) is 5.56 Å². The van der Waals surface area contributed by atoms with Crippen LogP contribution in [-0.2, 0) is 0 Å². The molecule has 2 fully saturated rings. The molecule has 0 spiro atoms. The molecular formula is C23H31N5O3. The van der Waals surface area contributed by atoms with E-state index in [0.29, 0.717) is 24.2 Å². The van der Waals surface area contributed by atoms with E-state index in [1.54, 1.807) is 12.3 Å². The zero-order valence-electron chi connectivity index (χ0n) is 18.0. The molecule has 166 valence electrons.